The molecule has 4 heteroatoms. The standard InChI is InChI=1S/C16H24N2O2/c1-12-5-4-8-16(2,3)13(12)6-7-15(20)18-10-9-17-14(19)11-18/h6-7H,4-5,8-11H2,1-3H3,(H,17,19)/b7-6+. The molecule has 2 amide bonds. The van der Waals surface area contributed by atoms with Crippen molar-refractivity contribution in [3.8, 4) is 0 Å². The van der Waals surface area contributed by atoms with Gasteiger partial charge < -0.3 is 10.2 Å². The van der Waals surface area contributed by atoms with Crippen LogP contribution in [0.3, 0.4) is 0 Å². The van der Waals surface area contributed by atoms with Crippen molar-refractivity contribution in [3.05, 3.63) is 23.3 Å². The third-order valence-corrected chi connectivity index (χ3v) is 4.29. The maximum Gasteiger partial charge on any atom is 0.247 e. The van der Waals surface area contributed by atoms with Gasteiger partial charge >= 0.3 is 0 Å². The largest absolute Gasteiger partial charge is 0.353 e. The van der Waals surface area contributed by atoms with Gasteiger partial charge in [0.2, 0.25) is 11.8 Å². The van der Waals surface area contributed by atoms with Gasteiger partial charge in [-0.05, 0) is 37.2 Å². The summed E-state index contributed by atoms with van der Waals surface area (Å²) in [6, 6.07) is 0. The lowest BCUT2D eigenvalue weighted by atomic mass is 9.72. The van der Waals surface area contributed by atoms with Crippen LogP contribution in [0.15, 0.2) is 23.3 Å². The molecule has 0 aromatic carbocycles. The van der Waals surface area contributed by atoms with Crippen LogP contribution in [-0.2, 0) is 9.59 Å². The van der Waals surface area contributed by atoms with E-state index in [1.165, 1.54) is 17.6 Å². The maximum atomic E-state index is 12.1. The second kappa shape index (κ2) is 5.81. The van der Waals surface area contributed by atoms with E-state index in [1.807, 2.05) is 6.08 Å². The van der Waals surface area contributed by atoms with Crippen molar-refractivity contribution in [2.24, 2.45) is 5.41 Å². The zero-order valence-corrected chi connectivity index (χ0v) is 12.7. The van der Waals surface area contributed by atoms with Gasteiger partial charge in [-0.1, -0.05) is 25.5 Å². The number of nitrogens with zero attached hydrogens (tertiary/aromatic N) is 1. The zero-order valence-electron chi connectivity index (χ0n) is 12.7. The van der Waals surface area contributed by atoms with Gasteiger partial charge in [0.15, 0.2) is 0 Å². The highest BCUT2D eigenvalue weighted by molar-refractivity contribution is 5.92. The number of allylic oxidation sites excluding steroid dienone is 3. The minimum atomic E-state index is -0.0774. The van der Waals surface area contributed by atoms with Crippen LogP contribution in [0.2, 0.25) is 0 Å². The molecule has 2 aliphatic rings. The lowest BCUT2D eigenvalue weighted by Gasteiger charge is -2.33. The molecule has 1 N–H and O–H groups in total. The molecule has 0 atom stereocenters. The lowest BCUT2D eigenvalue weighted by Crippen LogP contribution is -2.49. The van der Waals surface area contributed by atoms with Crippen molar-refractivity contribution in [3.63, 3.8) is 0 Å². The molecule has 2 rings (SSSR count). The van der Waals surface area contributed by atoms with Crippen molar-refractivity contribution < 1.29 is 9.59 Å². The van der Waals surface area contributed by atoms with Gasteiger partial charge in [0.1, 0.15) is 0 Å². The highest BCUT2D eigenvalue weighted by Crippen LogP contribution is 2.40. The second-order valence-electron chi connectivity index (χ2n) is 6.37. The van der Waals surface area contributed by atoms with Gasteiger partial charge in [-0.15, -0.1) is 0 Å². The van der Waals surface area contributed by atoms with Gasteiger partial charge in [-0.25, -0.2) is 0 Å². The van der Waals surface area contributed by atoms with Crippen molar-refractivity contribution in [2.75, 3.05) is 19.6 Å². The van der Waals surface area contributed by atoms with Crippen molar-refractivity contribution >= 4 is 11.8 Å². The molecule has 0 unspecified atom stereocenters. The summed E-state index contributed by atoms with van der Waals surface area (Å²) >= 11 is 0. The molecule has 1 aliphatic heterocycles. The summed E-state index contributed by atoms with van der Waals surface area (Å²) < 4.78 is 0. The number of carbonyl (C=O) groups excluding carboxylic acids is 2. The predicted molar refractivity (Wildman–Crippen MR) is 79.1 cm³/mol. The Hall–Kier alpha value is -1.58. The first kappa shape index (κ1) is 14.8. The summed E-state index contributed by atoms with van der Waals surface area (Å²) in [4.78, 5) is 25.0. The highest BCUT2D eigenvalue weighted by Gasteiger charge is 2.27. The number of piperazine rings is 1. The molecule has 0 aromatic heterocycles. The van der Waals surface area contributed by atoms with Gasteiger partial charge in [0.25, 0.3) is 0 Å². The van der Waals surface area contributed by atoms with Crippen molar-refractivity contribution in [1.82, 2.24) is 10.2 Å². The Morgan fingerprint density at radius 2 is 2.15 bits per heavy atom. The first-order valence-electron chi connectivity index (χ1n) is 7.34. The number of hydrogen-bond acceptors (Lipinski definition) is 2. The third kappa shape index (κ3) is 3.30. The van der Waals surface area contributed by atoms with Gasteiger partial charge in [0.05, 0.1) is 6.54 Å². The number of nitrogens with one attached hydrogen (secondary N) is 1. The molecule has 0 bridgehead atoms. The quantitative estimate of drug-likeness (QED) is 0.785. The van der Waals surface area contributed by atoms with Crippen LogP contribution >= 0.6 is 0 Å². The smallest absolute Gasteiger partial charge is 0.247 e. The number of hydrogen-bond donors (Lipinski definition) is 1. The Labute approximate surface area is 120 Å². The van der Waals surface area contributed by atoms with Gasteiger partial charge in [0, 0.05) is 19.2 Å². The number of amides is 2. The number of carbonyl (C=O) groups is 2. The van der Waals surface area contributed by atoms with Crippen LogP contribution < -0.4 is 5.32 Å². The van der Waals surface area contributed by atoms with E-state index in [1.54, 1.807) is 11.0 Å². The Kier molecular flexibility index (Phi) is 4.31. The Balaban J connectivity index is 2.08. The molecular formula is C16H24N2O2. The fraction of sp³-hybridized carbons (Fsp3) is 0.625. The lowest BCUT2D eigenvalue weighted by molar-refractivity contribution is -0.134. The van der Waals surface area contributed by atoms with Crippen molar-refractivity contribution in [1.29, 1.82) is 0 Å². The summed E-state index contributed by atoms with van der Waals surface area (Å²) in [5, 5.41) is 2.73. The summed E-state index contributed by atoms with van der Waals surface area (Å²) in [6.07, 6.45) is 7.08. The van der Waals surface area contributed by atoms with Crippen LogP contribution in [0.1, 0.15) is 40.0 Å². The molecule has 20 heavy (non-hydrogen) atoms. The van der Waals surface area contributed by atoms with Gasteiger partial charge in [-0.3, -0.25) is 9.59 Å². The monoisotopic (exact) mass is 276 g/mol. The zero-order chi connectivity index (χ0) is 14.8. The molecule has 1 heterocycles. The van der Waals surface area contributed by atoms with Crippen LogP contribution in [0.4, 0.5) is 0 Å². The summed E-state index contributed by atoms with van der Waals surface area (Å²) in [6.45, 7) is 7.92. The molecular weight excluding hydrogens is 252 g/mol. The molecule has 4 nitrogen and oxygen atoms in total. The molecule has 110 valence electrons. The Bertz CT molecular complexity index is 475. The molecule has 1 fully saturated rings. The summed E-state index contributed by atoms with van der Waals surface area (Å²) in [7, 11) is 0. The van der Waals surface area contributed by atoms with Crippen molar-refractivity contribution in [2.45, 2.75) is 40.0 Å². The SMILES string of the molecule is CC1=C(/C=C/C(=O)N2CCNC(=O)C2)C(C)(C)CCC1. The van der Waals surface area contributed by atoms with Crippen LogP contribution in [0.25, 0.3) is 0 Å². The molecule has 1 aliphatic carbocycles. The average molecular weight is 276 g/mol. The molecule has 0 radical (unpaired) electrons. The molecule has 0 spiro atoms. The fourth-order valence-corrected chi connectivity index (χ4v) is 3.10. The first-order chi connectivity index (χ1) is 9.40. The van der Waals surface area contributed by atoms with Crippen LogP contribution in [0.5, 0.6) is 0 Å². The summed E-state index contributed by atoms with van der Waals surface area (Å²) in [5.41, 5.74) is 2.79. The minimum Gasteiger partial charge on any atom is -0.353 e. The van der Waals surface area contributed by atoms with E-state index < -0.39 is 0 Å². The topological polar surface area (TPSA) is 49.4 Å². The molecule has 1 saturated heterocycles. The van der Waals surface area contributed by atoms with E-state index in [9.17, 15) is 9.59 Å². The number of rotatable bonds is 2. The van der Waals surface area contributed by atoms with E-state index in [-0.39, 0.29) is 23.8 Å². The van der Waals surface area contributed by atoms with E-state index in [4.69, 9.17) is 0 Å². The minimum absolute atomic E-state index is 0.0680. The van der Waals surface area contributed by atoms with Gasteiger partial charge in [-0.2, -0.15) is 0 Å². The van der Waals surface area contributed by atoms with E-state index in [0.717, 1.165) is 12.8 Å². The molecule has 0 aromatic rings. The fourth-order valence-electron chi connectivity index (χ4n) is 3.10. The molecule has 0 saturated carbocycles. The highest BCUT2D eigenvalue weighted by atomic mass is 16.2. The Morgan fingerprint density at radius 3 is 2.80 bits per heavy atom. The van der Waals surface area contributed by atoms with E-state index in [0.29, 0.717) is 13.1 Å². The average Bonchev–Trinajstić information content (AvgIpc) is 2.37. The van der Waals surface area contributed by atoms with Crippen LogP contribution in [0, 0.1) is 5.41 Å². The third-order valence-electron chi connectivity index (χ3n) is 4.29. The van der Waals surface area contributed by atoms with E-state index in [2.05, 4.69) is 26.1 Å². The van der Waals surface area contributed by atoms with Crippen LogP contribution in [-0.4, -0.2) is 36.3 Å². The van der Waals surface area contributed by atoms with E-state index >= 15 is 0 Å². The maximum absolute atomic E-state index is 12.1. The first-order valence-corrected chi connectivity index (χ1v) is 7.34. The normalized spacial score (nSPS) is 23.1. The second-order valence-corrected chi connectivity index (χ2v) is 6.37. The Morgan fingerprint density at radius 1 is 1.40 bits per heavy atom. The summed E-state index contributed by atoms with van der Waals surface area (Å²) in [5.74, 6) is -0.145. The predicted octanol–water partition coefficient (Wildman–Crippen LogP) is 2.03.